The fourth-order valence-electron chi connectivity index (χ4n) is 5.36. The second-order valence-electron chi connectivity index (χ2n) is 9.14. The molecule has 4 aromatic rings. The van der Waals surface area contributed by atoms with Gasteiger partial charge in [-0.15, -0.1) is 11.3 Å². The maximum atomic E-state index is 13.1. The van der Waals surface area contributed by atoms with E-state index in [1.807, 2.05) is 35.8 Å². The van der Waals surface area contributed by atoms with Gasteiger partial charge in [-0.2, -0.15) is 5.10 Å². The van der Waals surface area contributed by atoms with Gasteiger partial charge < -0.3 is 9.88 Å². The Hall–Kier alpha value is -3.23. The van der Waals surface area contributed by atoms with Crippen LogP contribution in [0.3, 0.4) is 0 Å². The molecule has 2 amide bonds. The van der Waals surface area contributed by atoms with Crippen LogP contribution in [0, 0.1) is 0 Å². The molecule has 3 aromatic heterocycles. The number of para-hydroxylation sites is 1. The van der Waals surface area contributed by atoms with Crippen LogP contribution in [-0.4, -0.2) is 51.6 Å². The smallest absolute Gasteiger partial charge is 0.261 e. The van der Waals surface area contributed by atoms with Crippen molar-refractivity contribution < 1.29 is 9.59 Å². The molecule has 1 aliphatic carbocycles. The number of fused-ring (bicyclic) bond motifs is 2. The van der Waals surface area contributed by atoms with Gasteiger partial charge in [0.25, 0.3) is 11.8 Å². The van der Waals surface area contributed by atoms with E-state index in [4.69, 9.17) is 5.10 Å². The summed E-state index contributed by atoms with van der Waals surface area (Å²) in [5.41, 5.74) is 3.10. The Bertz CT molecular complexity index is 1430. The van der Waals surface area contributed by atoms with Crippen LogP contribution in [-0.2, 0) is 9.59 Å². The highest BCUT2D eigenvalue weighted by Crippen LogP contribution is 2.40. The highest BCUT2D eigenvalue weighted by Gasteiger charge is 2.37. The van der Waals surface area contributed by atoms with Crippen LogP contribution in [0.5, 0.6) is 0 Å². The number of imide groups is 1. The zero-order valence-electron chi connectivity index (χ0n) is 18.6. The van der Waals surface area contributed by atoms with Crippen LogP contribution in [0.2, 0.25) is 0 Å². The Morgan fingerprint density at radius 3 is 2.55 bits per heavy atom. The maximum absolute atomic E-state index is 13.1. The molecule has 8 heteroatoms. The van der Waals surface area contributed by atoms with Crippen LogP contribution in [0.4, 0.5) is 0 Å². The van der Waals surface area contributed by atoms with Gasteiger partial charge in [-0.25, -0.2) is 0 Å². The highest BCUT2D eigenvalue weighted by molar-refractivity contribution is 7.16. The fourth-order valence-corrected chi connectivity index (χ4v) is 6.14. The van der Waals surface area contributed by atoms with E-state index in [0.717, 1.165) is 52.4 Å². The molecule has 7 nitrogen and oxygen atoms in total. The second-order valence-corrected chi connectivity index (χ2v) is 10.1. The molecule has 6 rings (SSSR count). The van der Waals surface area contributed by atoms with Gasteiger partial charge in [0.05, 0.1) is 22.7 Å². The molecular formula is C25H25N5O2S. The lowest BCUT2D eigenvalue weighted by Crippen LogP contribution is -2.33. The molecule has 1 saturated carbocycles. The van der Waals surface area contributed by atoms with Crippen LogP contribution >= 0.6 is 11.3 Å². The SMILES string of the molecule is CN(C)[C@H]1CC[C@@H](n2nc(C3=C(c4c[nH]c5sccc45)C(=O)NC3=O)c3ccccc32)CC1. The monoisotopic (exact) mass is 459 g/mol. The van der Waals surface area contributed by atoms with E-state index < -0.39 is 0 Å². The second kappa shape index (κ2) is 7.67. The number of carbonyl (C=O) groups excluding carboxylic acids is 2. The number of rotatable bonds is 4. The molecule has 0 saturated heterocycles. The molecule has 4 heterocycles. The normalized spacial score (nSPS) is 21.7. The van der Waals surface area contributed by atoms with E-state index >= 15 is 0 Å². The van der Waals surface area contributed by atoms with E-state index in [0.29, 0.717) is 22.9 Å². The fraction of sp³-hybridized carbons (Fsp3) is 0.320. The number of H-pyrrole nitrogens is 1. The number of thiophene rings is 1. The number of hydrogen-bond acceptors (Lipinski definition) is 5. The average molecular weight is 460 g/mol. The summed E-state index contributed by atoms with van der Waals surface area (Å²) < 4.78 is 2.09. The molecular weight excluding hydrogens is 434 g/mol. The first-order valence-corrected chi connectivity index (χ1v) is 12.2. The number of carbonyl (C=O) groups is 2. The van der Waals surface area contributed by atoms with Crippen molar-refractivity contribution in [2.75, 3.05) is 14.1 Å². The molecule has 0 unspecified atom stereocenters. The number of amides is 2. The number of hydrogen-bond donors (Lipinski definition) is 2. The van der Waals surface area contributed by atoms with Gasteiger partial charge >= 0.3 is 0 Å². The Balaban J connectivity index is 1.51. The van der Waals surface area contributed by atoms with E-state index in [2.05, 4.69) is 40.0 Å². The third kappa shape index (κ3) is 3.16. The number of aromatic amines is 1. The van der Waals surface area contributed by atoms with Crippen molar-refractivity contribution in [1.29, 1.82) is 0 Å². The van der Waals surface area contributed by atoms with Crippen LogP contribution in [0.15, 0.2) is 41.9 Å². The van der Waals surface area contributed by atoms with Crippen molar-refractivity contribution in [2.24, 2.45) is 0 Å². The predicted molar refractivity (Wildman–Crippen MR) is 131 cm³/mol. The molecule has 1 aromatic carbocycles. The van der Waals surface area contributed by atoms with Gasteiger partial charge in [0, 0.05) is 28.6 Å². The summed E-state index contributed by atoms with van der Waals surface area (Å²) in [4.78, 5) is 32.5. The summed E-state index contributed by atoms with van der Waals surface area (Å²) in [6.07, 6.45) is 6.13. The molecule has 1 fully saturated rings. The molecule has 33 heavy (non-hydrogen) atoms. The molecule has 1 aliphatic heterocycles. The van der Waals surface area contributed by atoms with Gasteiger partial charge in [0.1, 0.15) is 10.5 Å². The van der Waals surface area contributed by atoms with Gasteiger partial charge in [-0.1, -0.05) is 18.2 Å². The topological polar surface area (TPSA) is 83.0 Å². The number of aromatic nitrogens is 3. The van der Waals surface area contributed by atoms with Crippen LogP contribution in [0.25, 0.3) is 32.3 Å². The summed E-state index contributed by atoms with van der Waals surface area (Å²) in [6, 6.07) is 10.9. The minimum atomic E-state index is -0.383. The van der Waals surface area contributed by atoms with Gasteiger partial charge in [0.2, 0.25) is 0 Å². The van der Waals surface area contributed by atoms with E-state index in [9.17, 15) is 9.59 Å². The summed E-state index contributed by atoms with van der Waals surface area (Å²) in [7, 11) is 4.28. The number of nitrogens with one attached hydrogen (secondary N) is 2. The summed E-state index contributed by atoms with van der Waals surface area (Å²) >= 11 is 1.58. The standard InChI is InChI=1S/C25H25N5O2S/c1-29(2)14-7-9-15(10-8-14)30-19-6-4-3-5-17(19)22(28-30)21-20(23(31)27-24(21)32)18-13-26-25-16(18)11-12-33-25/h3-6,11-15,26H,7-10H2,1-2H3,(H,27,31,32)/t14-,15+. The highest BCUT2D eigenvalue weighted by atomic mass is 32.1. The first kappa shape index (κ1) is 20.4. The van der Waals surface area contributed by atoms with Crippen LogP contribution in [0.1, 0.15) is 43.0 Å². The third-order valence-electron chi connectivity index (χ3n) is 7.10. The maximum Gasteiger partial charge on any atom is 0.261 e. The van der Waals surface area contributed by atoms with E-state index in [1.165, 1.54) is 0 Å². The lowest BCUT2D eigenvalue weighted by atomic mass is 9.90. The third-order valence-corrected chi connectivity index (χ3v) is 7.94. The summed E-state index contributed by atoms with van der Waals surface area (Å²) in [6.45, 7) is 0. The molecule has 0 spiro atoms. The molecule has 0 bridgehead atoms. The number of nitrogens with zero attached hydrogens (tertiary/aromatic N) is 3. The quantitative estimate of drug-likeness (QED) is 0.448. The minimum Gasteiger partial charge on any atom is -0.352 e. The van der Waals surface area contributed by atoms with Crippen molar-refractivity contribution in [3.8, 4) is 0 Å². The molecule has 2 N–H and O–H groups in total. The largest absolute Gasteiger partial charge is 0.352 e. The van der Waals surface area contributed by atoms with Crippen molar-refractivity contribution in [3.63, 3.8) is 0 Å². The van der Waals surface area contributed by atoms with Crippen molar-refractivity contribution in [1.82, 2.24) is 25.0 Å². The Labute approximate surface area is 195 Å². The first-order chi connectivity index (χ1) is 16.0. The van der Waals surface area contributed by atoms with Crippen molar-refractivity contribution in [3.05, 3.63) is 53.2 Å². The molecule has 168 valence electrons. The Morgan fingerprint density at radius 1 is 1.00 bits per heavy atom. The number of benzene rings is 1. The molecule has 0 radical (unpaired) electrons. The predicted octanol–water partition coefficient (Wildman–Crippen LogP) is 4.19. The summed E-state index contributed by atoms with van der Waals surface area (Å²) in [5.74, 6) is -0.751. The lowest BCUT2D eigenvalue weighted by Gasteiger charge is -2.33. The zero-order valence-corrected chi connectivity index (χ0v) is 19.4. The molecule has 2 aliphatic rings. The van der Waals surface area contributed by atoms with Gasteiger partial charge in [0.15, 0.2) is 0 Å². The van der Waals surface area contributed by atoms with E-state index in [1.54, 1.807) is 11.3 Å². The zero-order chi connectivity index (χ0) is 22.7. The Kier molecular flexibility index (Phi) is 4.74. The van der Waals surface area contributed by atoms with E-state index in [-0.39, 0.29) is 17.9 Å². The van der Waals surface area contributed by atoms with Crippen molar-refractivity contribution in [2.45, 2.75) is 37.8 Å². The first-order valence-electron chi connectivity index (χ1n) is 11.3. The molecule has 0 atom stereocenters. The average Bonchev–Trinajstić information content (AvgIpc) is 3.56. The lowest BCUT2D eigenvalue weighted by molar-refractivity contribution is -0.122. The van der Waals surface area contributed by atoms with Gasteiger partial charge in [-0.3, -0.25) is 19.6 Å². The van der Waals surface area contributed by atoms with Crippen molar-refractivity contribution >= 4 is 55.4 Å². The Morgan fingerprint density at radius 2 is 1.76 bits per heavy atom. The van der Waals surface area contributed by atoms with Crippen LogP contribution < -0.4 is 5.32 Å². The van der Waals surface area contributed by atoms with Gasteiger partial charge in [-0.05, 0) is 57.3 Å². The summed E-state index contributed by atoms with van der Waals surface area (Å²) in [5, 5.41) is 11.3. The minimum absolute atomic E-state index is 0.278.